The number of halogens is 6. The first-order valence-electron chi connectivity index (χ1n) is 12.2. The molecule has 8 nitrogen and oxygen atoms in total. The Hall–Kier alpha value is -2.88. The molecule has 3 N–H and O–H groups in total. The molecule has 0 saturated carbocycles. The van der Waals surface area contributed by atoms with E-state index >= 15 is 0 Å². The average Bonchev–Trinajstić information content (AvgIpc) is 2.91. The number of hydrogen-bond donors (Lipinski definition) is 3. The number of aliphatic carboxylic acids is 1. The van der Waals surface area contributed by atoms with Crippen LogP contribution in [0.2, 0.25) is 0 Å². The van der Waals surface area contributed by atoms with E-state index in [4.69, 9.17) is 19.4 Å². The standard InChI is InChI=1S/C23H29F3N4O2S.C2HF3O2/c1-31-11-9-29(10-12-32-2)16-3-4-18-21(13-16)33-22-15-20(30-7-5-27-6-8-30)17(23(24,25)26)14-19(22)28-18;3-2(4,5)1(6)7/h3-4,13-15,27-28H,5-12H2,1-2H3;(H,6,7). The summed E-state index contributed by atoms with van der Waals surface area (Å²) in [5.74, 6) is -2.76. The Labute approximate surface area is 231 Å². The number of hydrogen-bond acceptors (Lipinski definition) is 8. The summed E-state index contributed by atoms with van der Waals surface area (Å²) >= 11 is 1.50. The summed E-state index contributed by atoms with van der Waals surface area (Å²) in [4.78, 5) is 14.7. The van der Waals surface area contributed by atoms with Crippen LogP contribution in [0.5, 0.6) is 0 Å². The molecule has 1 fully saturated rings. The SMILES string of the molecule is COCCN(CCOC)c1ccc2c(c1)Sc1cc(N3CCNCC3)c(C(F)(F)F)cc1N2.O=C(O)C(F)(F)F. The van der Waals surface area contributed by atoms with Crippen LogP contribution in [0, 0.1) is 0 Å². The minimum absolute atomic E-state index is 0.249. The highest BCUT2D eigenvalue weighted by Gasteiger charge is 2.38. The molecule has 0 amide bonds. The minimum Gasteiger partial charge on any atom is -0.475 e. The zero-order chi connectivity index (χ0) is 29.5. The van der Waals surface area contributed by atoms with Crippen molar-refractivity contribution in [2.75, 3.05) is 81.8 Å². The zero-order valence-corrected chi connectivity index (χ0v) is 22.6. The molecule has 0 aromatic heterocycles. The maximum absolute atomic E-state index is 13.9. The number of benzene rings is 2. The summed E-state index contributed by atoms with van der Waals surface area (Å²) in [5, 5.41) is 13.5. The van der Waals surface area contributed by atoms with Gasteiger partial charge in [0.25, 0.3) is 0 Å². The molecular weight excluding hydrogens is 566 g/mol. The molecule has 0 aliphatic carbocycles. The van der Waals surface area contributed by atoms with Gasteiger partial charge < -0.3 is 35.0 Å². The fourth-order valence-electron chi connectivity index (χ4n) is 4.08. The molecule has 2 aromatic carbocycles. The molecule has 222 valence electrons. The second-order valence-corrected chi connectivity index (χ2v) is 9.87. The maximum atomic E-state index is 13.9. The number of fused-ring (bicyclic) bond motifs is 2. The van der Waals surface area contributed by atoms with E-state index in [1.165, 1.54) is 17.8 Å². The van der Waals surface area contributed by atoms with Crippen molar-refractivity contribution < 1.29 is 45.7 Å². The molecule has 0 bridgehead atoms. The number of carbonyl (C=O) groups is 1. The first kappa shape index (κ1) is 31.6. The topological polar surface area (TPSA) is 86.3 Å². The minimum atomic E-state index is -5.08. The molecule has 2 aliphatic rings. The number of alkyl halides is 6. The number of nitrogens with zero attached hydrogens (tertiary/aromatic N) is 2. The van der Waals surface area contributed by atoms with E-state index in [9.17, 15) is 26.3 Å². The molecule has 0 radical (unpaired) electrons. The molecule has 0 unspecified atom stereocenters. The quantitative estimate of drug-likeness (QED) is 0.309. The first-order chi connectivity index (χ1) is 18.8. The Balaban J connectivity index is 0.000000559. The Morgan fingerprint density at radius 3 is 2.08 bits per heavy atom. The van der Waals surface area contributed by atoms with Crippen molar-refractivity contribution >= 4 is 40.5 Å². The van der Waals surface area contributed by atoms with Gasteiger partial charge in [-0.15, -0.1) is 0 Å². The summed E-state index contributed by atoms with van der Waals surface area (Å²) in [6.45, 7) is 5.05. The Morgan fingerprint density at radius 1 is 0.975 bits per heavy atom. The van der Waals surface area contributed by atoms with Crippen molar-refractivity contribution in [3.8, 4) is 0 Å². The van der Waals surface area contributed by atoms with Crippen LogP contribution in [0.25, 0.3) is 0 Å². The monoisotopic (exact) mass is 596 g/mol. The summed E-state index contributed by atoms with van der Waals surface area (Å²) in [6.07, 6.45) is -9.51. The smallest absolute Gasteiger partial charge is 0.475 e. The van der Waals surface area contributed by atoms with Crippen LogP contribution in [-0.4, -0.2) is 84.0 Å². The van der Waals surface area contributed by atoms with Crippen molar-refractivity contribution in [2.45, 2.75) is 22.1 Å². The van der Waals surface area contributed by atoms with E-state index in [2.05, 4.69) is 21.6 Å². The fraction of sp³-hybridized carbons (Fsp3) is 0.480. The van der Waals surface area contributed by atoms with Crippen LogP contribution in [0.3, 0.4) is 0 Å². The van der Waals surface area contributed by atoms with Crippen molar-refractivity contribution in [3.05, 3.63) is 35.9 Å². The fourth-order valence-corrected chi connectivity index (χ4v) is 5.11. The molecule has 0 spiro atoms. The number of carboxylic acid groups (broad SMARTS) is 1. The Kier molecular flexibility index (Phi) is 10.8. The number of piperazine rings is 1. The van der Waals surface area contributed by atoms with Crippen molar-refractivity contribution in [3.63, 3.8) is 0 Å². The van der Waals surface area contributed by atoms with Gasteiger partial charge in [-0.05, 0) is 30.3 Å². The molecular formula is C25H30F6N4O4S. The average molecular weight is 597 g/mol. The van der Waals surface area contributed by atoms with Crippen molar-refractivity contribution in [1.82, 2.24) is 5.32 Å². The van der Waals surface area contributed by atoms with E-state index in [0.717, 1.165) is 34.3 Å². The number of anilines is 4. The van der Waals surface area contributed by atoms with E-state index in [-0.39, 0.29) is 5.69 Å². The summed E-state index contributed by atoms with van der Waals surface area (Å²) in [5.41, 5.74) is 1.97. The van der Waals surface area contributed by atoms with E-state index in [1.807, 2.05) is 17.0 Å². The molecule has 4 rings (SSSR count). The van der Waals surface area contributed by atoms with Crippen LogP contribution in [-0.2, 0) is 20.4 Å². The normalized spacial score (nSPS) is 14.8. The summed E-state index contributed by atoms with van der Waals surface area (Å²) < 4.78 is 84.0. The van der Waals surface area contributed by atoms with Gasteiger partial charge in [0.15, 0.2) is 0 Å². The highest BCUT2D eigenvalue weighted by Crippen LogP contribution is 2.50. The molecule has 40 heavy (non-hydrogen) atoms. The lowest BCUT2D eigenvalue weighted by molar-refractivity contribution is -0.192. The Morgan fingerprint density at radius 2 is 1.55 bits per heavy atom. The van der Waals surface area contributed by atoms with Gasteiger partial charge in [0.1, 0.15) is 0 Å². The van der Waals surface area contributed by atoms with Crippen molar-refractivity contribution in [2.24, 2.45) is 0 Å². The van der Waals surface area contributed by atoms with Crippen LogP contribution in [0.15, 0.2) is 40.1 Å². The molecule has 0 atom stereocenters. The van der Waals surface area contributed by atoms with Gasteiger partial charge in [0, 0.05) is 69.0 Å². The number of nitrogens with one attached hydrogen (secondary N) is 2. The van der Waals surface area contributed by atoms with Crippen LogP contribution < -0.4 is 20.4 Å². The lowest BCUT2D eigenvalue weighted by atomic mass is 10.1. The largest absolute Gasteiger partial charge is 0.490 e. The molecule has 2 aliphatic heterocycles. The van der Waals surface area contributed by atoms with E-state index < -0.39 is 23.9 Å². The highest BCUT2D eigenvalue weighted by molar-refractivity contribution is 7.99. The van der Waals surface area contributed by atoms with Gasteiger partial charge in [0.2, 0.25) is 0 Å². The highest BCUT2D eigenvalue weighted by atomic mass is 32.2. The third-order valence-electron chi connectivity index (χ3n) is 6.05. The van der Waals surface area contributed by atoms with E-state index in [0.29, 0.717) is 45.1 Å². The van der Waals surface area contributed by atoms with Crippen molar-refractivity contribution in [1.29, 1.82) is 0 Å². The molecule has 15 heteroatoms. The van der Waals surface area contributed by atoms with Crippen LogP contribution in [0.4, 0.5) is 49.1 Å². The molecule has 1 saturated heterocycles. The number of rotatable bonds is 8. The first-order valence-corrected chi connectivity index (χ1v) is 13.0. The number of ether oxygens (including phenoxy) is 2. The lowest BCUT2D eigenvalue weighted by Gasteiger charge is -2.33. The van der Waals surface area contributed by atoms with E-state index in [1.54, 1.807) is 20.3 Å². The summed E-state index contributed by atoms with van der Waals surface area (Å²) in [6, 6.07) is 8.90. The van der Waals surface area contributed by atoms with Gasteiger partial charge in [0.05, 0.1) is 35.8 Å². The van der Waals surface area contributed by atoms with Crippen LogP contribution in [0.1, 0.15) is 5.56 Å². The van der Waals surface area contributed by atoms with Crippen LogP contribution >= 0.6 is 11.8 Å². The third-order valence-corrected chi connectivity index (χ3v) is 7.17. The van der Waals surface area contributed by atoms with Gasteiger partial charge >= 0.3 is 18.3 Å². The maximum Gasteiger partial charge on any atom is 0.490 e. The second kappa shape index (κ2) is 13.7. The predicted molar refractivity (Wildman–Crippen MR) is 140 cm³/mol. The van der Waals surface area contributed by atoms with Gasteiger partial charge in [-0.25, -0.2) is 4.79 Å². The second-order valence-electron chi connectivity index (χ2n) is 8.78. The van der Waals surface area contributed by atoms with Gasteiger partial charge in [-0.3, -0.25) is 0 Å². The Bertz CT molecular complexity index is 1150. The third kappa shape index (κ3) is 8.32. The van der Waals surface area contributed by atoms with Gasteiger partial charge in [-0.1, -0.05) is 11.8 Å². The molecule has 2 heterocycles. The number of carboxylic acids is 1. The summed E-state index contributed by atoms with van der Waals surface area (Å²) in [7, 11) is 3.34. The van der Waals surface area contributed by atoms with Gasteiger partial charge in [-0.2, -0.15) is 26.3 Å². The lowest BCUT2D eigenvalue weighted by Crippen LogP contribution is -2.44. The predicted octanol–water partition coefficient (Wildman–Crippen LogP) is 5.06. The number of methoxy groups -OCH3 is 2. The zero-order valence-electron chi connectivity index (χ0n) is 21.8. The molecule has 2 aromatic rings.